The molecule has 1 rings (SSSR count). The van der Waals surface area contributed by atoms with Gasteiger partial charge < -0.3 is 10.1 Å². The highest BCUT2D eigenvalue weighted by atomic mass is 16.5. The number of rotatable bonds is 5. The molecule has 0 aliphatic heterocycles. The normalized spacial score (nSPS) is 12.7. The number of hydrogen-bond acceptors (Lipinski definition) is 3. The third-order valence-electron chi connectivity index (χ3n) is 3.29. The lowest BCUT2D eigenvalue weighted by molar-refractivity contribution is -0.124. The summed E-state index contributed by atoms with van der Waals surface area (Å²) in [5, 5.41) is 2.90. The van der Waals surface area contributed by atoms with Gasteiger partial charge in [-0.3, -0.25) is 9.59 Å². The molecular weight excluding hydrogens is 254 g/mol. The molecule has 1 aromatic rings. The average Bonchev–Trinajstić information content (AvgIpc) is 2.35. The number of nitrogens with one attached hydrogen (secondary N) is 1. The van der Waals surface area contributed by atoms with Gasteiger partial charge in [0.25, 0.3) is 5.91 Å². The summed E-state index contributed by atoms with van der Waals surface area (Å²) in [4.78, 5) is 23.0. The van der Waals surface area contributed by atoms with Crippen molar-refractivity contribution >= 4 is 11.7 Å². The van der Waals surface area contributed by atoms with E-state index < -0.39 is 0 Å². The molecule has 0 aliphatic carbocycles. The summed E-state index contributed by atoms with van der Waals surface area (Å²) >= 11 is 0. The highest BCUT2D eigenvalue weighted by Gasteiger charge is 2.21. The van der Waals surface area contributed by atoms with Gasteiger partial charge in [-0.1, -0.05) is 32.9 Å². The molecule has 1 amide bonds. The summed E-state index contributed by atoms with van der Waals surface area (Å²) in [6.07, 6.45) is 0. The Morgan fingerprint density at radius 1 is 1.30 bits per heavy atom. The molecule has 110 valence electrons. The van der Waals surface area contributed by atoms with Crippen molar-refractivity contribution in [3.8, 4) is 5.75 Å². The van der Waals surface area contributed by atoms with E-state index in [1.807, 2.05) is 6.92 Å². The van der Waals surface area contributed by atoms with Crippen molar-refractivity contribution in [2.24, 2.45) is 5.41 Å². The van der Waals surface area contributed by atoms with E-state index in [1.54, 1.807) is 24.3 Å². The van der Waals surface area contributed by atoms with E-state index in [9.17, 15) is 9.59 Å². The van der Waals surface area contributed by atoms with E-state index in [4.69, 9.17) is 4.74 Å². The number of ketones is 1. The number of carbonyl (C=O) groups is 2. The molecule has 0 unspecified atom stereocenters. The molecule has 0 fully saturated rings. The molecule has 0 spiro atoms. The van der Waals surface area contributed by atoms with Gasteiger partial charge in [-0.05, 0) is 31.4 Å². The second-order valence-corrected chi connectivity index (χ2v) is 6.03. The summed E-state index contributed by atoms with van der Waals surface area (Å²) in [5.41, 5.74) is 0.579. The van der Waals surface area contributed by atoms with E-state index in [2.05, 4.69) is 26.1 Å². The first-order valence-corrected chi connectivity index (χ1v) is 6.73. The minimum Gasteiger partial charge on any atom is -0.484 e. The van der Waals surface area contributed by atoms with Crippen LogP contribution < -0.4 is 10.1 Å². The van der Waals surface area contributed by atoms with Crippen molar-refractivity contribution in [2.45, 2.75) is 40.7 Å². The van der Waals surface area contributed by atoms with Gasteiger partial charge >= 0.3 is 0 Å². The fraction of sp³-hybridized carbons (Fsp3) is 0.500. The standard InChI is InChI=1S/C16H23NO3/c1-11(18)13-7-6-8-14(9-13)20-10-15(19)17-12(2)16(3,4)5/h6-9,12H,10H2,1-5H3,(H,17,19)/t12-/m0/s1. The SMILES string of the molecule is CC(=O)c1cccc(OCC(=O)N[C@@H](C)C(C)(C)C)c1. The molecule has 0 saturated heterocycles. The summed E-state index contributed by atoms with van der Waals surface area (Å²) in [5.74, 6) is 0.332. The predicted molar refractivity (Wildman–Crippen MR) is 79.0 cm³/mol. The third-order valence-corrected chi connectivity index (χ3v) is 3.29. The summed E-state index contributed by atoms with van der Waals surface area (Å²) < 4.78 is 5.41. The number of ether oxygens (including phenoxy) is 1. The zero-order valence-corrected chi connectivity index (χ0v) is 12.8. The molecule has 1 aromatic carbocycles. The molecular formula is C16H23NO3. The van der Waals surface area contributed by atoms with Crippen LogP contribution in [0.1, 0.15) is 45.0 Å². The van der Waals surface area contributed by atoms with Crippen molar-refractivity contribution in [1.82, 2.24) is 5.32 Å². The summed E-state index contributed by atoms with van der Waals surface area (Å²) in [6, 6.07) is 6.89. The van der Waals surface area contributed by atoms with Crippen LogP contribution in [0.15, 0.2) is 24.3 Å². The Morgan fingerprint density at radius 2 is 1.95 bits per heavy atom. The zero-order chi connectivity index (χ0) is 15.3. The van der Waals surface area contributed by atoms with Crippen molar-refractivity contribution in [2.75, 3.05) is 6.61 Å². The Labute approximate surface area is 120 Å². The van der Waals surface area contributed by atoms with Crippen LogP contribution in [0.25, 0.3) is 0 Å². The molecule has 0 radical (unpaired) electrons. The Hall–Kier alpha value is -1.84. The maximum Gasteiger partial charge on any atom is 0.258 e. The predicted octanol–water partition coefficient (Wildman–Crippen LogP) is 2.82. The molecule has 1 N–H and O–H groups in total. The van der Waals surface area contributed by atoms with Gasteiger partial charge in [0.2, 0.25) is 0 Å². The first-order valence-electron chi connectivity index (χ1n) is 6.73. The zero-order valence-electron chi connectivity index (χ0n) is 12.8. The van der Waals surface area contributed by atoms with Gasteiger partial charge in [0.1, 0.15) is 5.75 Å². The maximum atomic E-state index is 11.8. The molecule has 4 nitrogen and oxygen atoms in total. The highest BCUT2D eigenvalue weighted by Crippen LogP contribution is 2.18. The number of carbonyl (C=O) groups excluding carboxylic acids is 2. The van der Waals surface area contributed by atoms with Crippen LogP contribution in [0, 0.1) is 5.41 Å². The fourth-order valence-electron chi connectivity index (χ4n) is 1.45. The smallest absolute Gasteiger partial charge is 0.258 e. The lowest BCUT2D eigenvalue weighted by Gasteiger charge is -2.28. The average molecular weight is 277 g/mol. The van der Waals surface area contributed by atoms with Crippen LogP contribution in [0.3, 0.4) is 0 Å². The lowest BCUT2D eigenvalue weighted by atomic mass is 9.88. The van der Waals surface area contributed by atoms with Crippen molar-refractivity contribution in [3.63, 3.8) is 0 Å². The van der Waals surface area contributed by atoms with Gasteiger partial charge in [0, 0.05) is 11.6 Å². The van der Waals surface area contributed by atoms with E-state index in [0.29, 0.717) is 11.3 Å². The third kappa shape index (κ3) is 5.03. The van der Waals surface area contributed by atoms with Crippen LogP contribution in [0.2, 0.25) is 0 Å². The van der Waals surface area contributed by atoms with Gasteiger partial charge in [-0.15, -0.1) is 0 Å². The van der Waals surface area contributed by atoms with Gasteiger partial charge in [-0.2, -0.15) is 0 Å². The van der Waals surface area contributed by atoms with Crippen molar-refractivity contribution in [3.05, 3.63) is 29.8 Å². The Balaban J connectivity index is 2.53. The number of amides is 1. The Morgan fingerprint density at radius 3 is 2.50 bits per heavy atom. The quantitative estimate of drug-likeness (QED) is 0.842. The van der Waals surface area contributed by atoms with Crippen LogP contribution in [-0.4, -0.2) is 24.3 Å². The van der Waals surface area contributed by atoms with Gasteiger partial charge in [0.05, 0.1) is 0 Å². The topological polar surface area (TPSA) is 55.4 Å². The van der Waals surface area contributed by atoms with Gasteiger partial charge in [-0.25, -0.2) is 0 Å². The Kier molecular flexibility index (Phi) is 5.31. The number of hydrogen-bond donors (Lipinski definition) is 1. The minimum atomic E-state index is -0.166. The molecule has 0 bridgehead atoms. The number of Topliss-reactive ketones (excluding diaryl/α,β-unsaturated/α-hetero) is 1. The monoisotopic (exact) mass is 277 g/mol. The second kappa shape index (κ2) is 6.55. The molecule has 0 heterocycles. The van der Waals surface area contributed by atoms with Crippen LogP contribution in [0.5, 0.6) is 5.75 Å². The molecule has 1 atom stereocenters. The molecule has 0 aliphatic rings. The molecule has 4 heteroatoms. The van der Waals surface area contributed by atoms with Crippen molar-refractivity contribution < 1.29 is 14.3 Å². The summed E-state index contributed by atoms with van der Waals surface area (Å²) in [7, 11) is 0. The molecule has 0 aromatic heterocycles. The molecule has 20 heavy (non-hydrogen) atoms. The maximum absolute atomic E-state index is 11.8. The fourth-order valence-corrected chi connectivity index (χ4v) is 1.45. The van der Waals surface area contributed by atoms with Crippen molar-refractivity contribution in [1.29, 1.82) is 0 Å². The molecule has 0 saturated carbocycles. The van der Waals surface area contributed by atoms with Crippen LogP contribution >= 0.6 is 0 Å². The van der Waals surface area contributed by atoms with Gasteiger partial charge in [0.15, 0.2) is 12.4 Å². The largest absolute Gasteiger partial charge is 0.484 e. The first-order chi connectivity index (χ1) is 9.20. The second-order valence-electron chi connectivity index (χ2n) is 6.03. The van der Waals surface area contributed by atoms with E-state index >= 15 is 0 Å². The lowest BCUT2D eigenvalue weighted by Crippen LogP contribution is -2.43. The summed E-state index contributed by atoms with van der Waals surface area (Å²) in [6.45, 7) is 9.60. The first kappa shape index (κ1) is 16.2. The number of benzene rings is 1. The van der Waals surface area contributed by atoms with Crippen LogP contribution in [-0.2, 0) is 4.79 Å². The Bertz CT molecular complexity index is 489. The van der Waals surface area contributed by atoms with Crippen LogP contribution in [0.4, 0.5) is 0 Å². The van der Waals surface area contributed by atoms with E-state index in [1.165, 1.54) is 6.92 Å². The van der Waals surface area contributed by atoms with E-state index in [0.717, 1.165) is 0 Å². The minimum absolute atomic E-state index is 0.00417. The van der Waals surface area contributed by atoms with E-state index in [-0.39, 0.29) is 29.8 Å². The highest BCUT2D eigenvalue weighted by molar-refractivity contribution is 5.94.